The topological polar surface area (TPSA) is 26.7 Å². The number of halogens is 1. The van der Waals surface area contributed by atoms with Gasteiger partial charge in [0.15, 0.2) is 0 Å². The van der Waals surface area contributed by atoms with Gasteiger partial charge < -0.3 is 14.9 Å². The van der Waals surface area contributed by atoms with Crippen LogP contribution in [0.5, 0.6) is 0 Å². The van der Waals surface area contributed by atoms with Crippen LogP contribution >= 0.6 is 11.6 Å². The van der Waals surface area contributed by atoms with E-state index < -0.39 is 6.10 Å². The van der Waals surface area contributed by atoms with E-state index in [4.69, 9.17) is 11.6 Å². The van der Waals surface area contributed by atoms with Gasteiger partial charge in [0.05, 0.1) is 6.10 Å². The highest BCUT2D eigenvalue weighted by Crippen LogP contribution is 2.25. The summed E-state index contributed by atoms with van der Waals surface area (Å²) in [6.07, 6.45) is 1.49. The third-order valence-corrected chi connectivity index (χ3v) is 4.14. The lowest BCUT2D eigenvalue weighted by molar-refractivity contribution is 0.143. The lowest BCUT2D eigenvalue weighted by Gasteiger charge is -2.22. The number of rotatable bonds is 4. The highest BCUT2D eigenvalue weighted by atomic mass is 35.5. The van der Waals surface area contributed by atoms with Gasteiger partial charge in [0, 0.05) is 24.7 Å². The SMILES string of the molecule is CN1CCCN(CCC(O)c2ccccc2Cl)CC1. The fraction of sp³-hybridized carbons (Fsp3) is 0.600. The molecule has 0 spiro atoms. The minimum absolute atomic E-state index is 0.463. The fourth-order valence-electron chi connectivity index (χ4n) is 2.53. The molecule has 0 radical (unpaired) electrons. The van der Waals surface area contributed by atoms with Crippen molar-refractivity contribution in [2.75, 3.05) is 39.8 Å². The molecule has 0 amide bonds. The lowest BCUT2D eigenvalue weighted by atomic mass is 10.1. The average Bonchev–Trinajstić information content (AvgIpc) is 2.61. The average molecular weight is 283 g/mol. The third-order valence-electron chi connectivity index (χ3n) is 3.80. The summed E-state index contributed by atoms with van der Waals surface area (Å²) in [5.74, 6) is 0. The molecule has 1 aromatic rings. The maximum atomic E-state index is 10.2. The Hall–Kier alpha value is -0.610. The first-order chi connectivity index (χ1) is 9.16. The van der Waals surface area contributed by atoms with Crippen molar-refractivity contribution in [3.8, 4) is 0 Å². The van der Waals surface area contributed by atoms with Gasteiger partial charge in [0.25, 0.3) is 0 Å². The molecule has 3 nitrogen and oxygen atoms in total. The third kappa shape index (κ3) is 4.46. The molecule has 1 aliphatic rings. The molecule has 0 bridgehead atoms. The van der Waals surface area contributed by atoms with Crippen LogP contribution in [0.15, 0.2) is 24.3 Å². The van der Waals surface area contributed by atoms with Crippen molar-refractivity contribution in [3.63, 3.8) is 0 Å². The van der Waals surface area contributed by atoms with E-state index in [-0.39, 0.29) is 0 Å². The summed E-state index contributed by atoms with van der Waals surface area (Å²) in [5.41, 5.74) is 0.844. The molecular formula is C15H23ClN2O. The summed E-state index contributed by atoms with van der Waals surface area (Å²) in [5, 5.41) is 10.9. The Bertz CT molecular complexity index is 399. The van der Waals surface area contributed by atoms with Gasteiger partial charge in [-0.1, -0.05) is 29.8 Å². The van der Waals surface area contributed by atoms with E-state index in [0.717, 1.165) is 38.2 Å². The van der Waals surface area contributed by atoms with E-state index in [2.05, 4.69) is 16.8 Å². The number of aliphatic hydroxyl groups is 1. The molecule has 0 aromatic heterocycles. The first kappa shape index (κ1) is 14.8. The van der Waals surface area contributed by atoms with Crippen LogP contribution in [0.25, 0.3) is 0 Å². The number of hydrogen-bond donors (Lipinski definition) is 1. The molecule has 1 aromatic carbocycles. The van der Waals surface area contributed by atoms with Gasteiger partial charge in [-0.05, 0) is 44.6 Å². The van der Waals surface area contributed by atoms with Gasteiger partial charge in [-0.3, -0.25) is 0 Å². The molecule has 1 N–H and O–H groups in total. The number of aliphatic hydroxyl groups excluding tert-OH is 1. The van der Waals surface area contributed by atoms with Crippen LogP contribution in [0, 0.1) is 0 Å². The van der Waals surface area contributed by atoms with E-state index >= 15 is 0 Å². The van der Waals surface area contributed by atoms with Crippen molar-refractivity contribution in [2.45, 2.75) is 18.9 Å². The van der Waals surface area contributed by atoms with Gasteiger partial charge in [0.1, 0.15) is 0 Å². The molecule has 19 heavy (non-hydrogen) atoms. The second kappa shape index (κ2) is 7.25. The largest absolute Gasteiger partial charge is 0.388 e. The standard InChI is InChI=1S/C15H23ClN2O/c1-17-8-4-9-18(12-11-17)10-7-15(19)13-5-2-3-6-14(13)16/h2-3,5-6,15,19H,4,7-12H2,1H3. The van der Waals surface area contributed by atoms with Crippen molar-refractivity contribution >= 4 is 11.6 Å². The Balaban J connectivity index is 1.83. The normalized spacial score (nSPS) is 20.2. The molecule has 1 heterocycles. The maximum Gasteiger partial charge on any atom is 0.0816 e. The molecule has 0 aliphatic carbocycles. The van der Waals surface area contributed by atoms with Crippen LogP contribution in [0.1, 0.15) is 24.5 Å². The van der Waals surface area contributed by atoms with E-state index in [1.54, 1.807) is 0 Å². The first-order valence-corrected chi connectivity index (χ1v) is 7.38. The Kier molecular flexibility index (Phi) is 5.64. The van der Waals surface area contributed by atoms with E-state index in [1.807, 2.05) is 24.3 Å². The number of benzene rings is 1. The summed E-state index contributed by atoms with van der Waals surface area (Å²) < 4.78 is 0. The molecule has 1 atom stereocenters. The van der Waals surface area contributed by atoms with Crippen LogP contribution in [0.4, 0.5) is 0 Å². The van der Waals surface area contributed by atoms with Crippen LogP contribution < -0.4 is 0 Å². The quantitative estimate of drug-likeness (QED) is 0.919. The summed E-state index contributed by atoms with van der Waals surface area (Å²) in [6, 6.07) is 7.55. The van der Waals surface area contributed by atoms with E-state index in [9.17, 15) is 5.11 Å². The van der Waals surface area contributed by atoms with Crippen molar-refractivity contribution in [1.82, 2.24) is 9.80 Å². The van der Waals surface area contributed by atoms with Crippen LogP contribution in [-0.2, 0) is 0 Å². The molecule has 1 fully saturated rings. The summed E-state index contributed by atoms with van der Waals surface area (Å²) in [4.78, 5) is 4.80. The second-order valence-corrected chi connectivity index (χ2v) is 5.73. The van der Waals surface area contributed by atoms with Crippen LogP contribution in [-0.4, -0.2) is 54.7 Å². The highest BCUT2D eigenvalue weighted by Gasteiger charge is 2.15. The lowest BCUT2D eigenvalue weighted by Crippen LogP contribution is -2.30. The summed E-state index contributed by atoms with van der Waals surface area (Å²) >= 11 is 6.11. The molecule has 4 heteroatoms. The molecule has 0 saturated carbocycles. The van der Waals surface area contributed by atoms with Crippen molar-refractivity contribution < 1.29 is 5.11 Å². The number of nitrogens with zero attached hydrogens (tertiary/aromatic N) is 2. The number of likely N-dealkylation sites (N-methyl/N-ethyl adjacent to an activating group) is 1. The van der Waals surface area contributed by atoms with E-state index in [0.29, 0.717) is 5.02 Å². The molecule has 2 rings (SSSR count). The highest BCUT2D eigenvalue weighted by molar-refractivity contribution is 6.31. The minimum atomic E-state index is -0.463. The molecule has 1 saturated heterocycles. The molecule has 1 unspecified atom stereocenters. The Labute approximate surface area is 120 Å². The van der Waals surface area contributed by atoms with Gasteiger partial charge in [0.2, 0.25) is 0 Å². The van der Waals surface area contributed by atoms with Crippen LogP contribution in [0.3, 0.4) is 0 Å². The molecular weight excluding hydrogens is 260 g/mol. The zero-order valence-corrected chi connectivity index (χ0v) is 12.3. The Morgan fingerprint density at radius 2 is 2.00 bits per heavy atom. The van der Waals surface area contributed by atoms with Crippen molar-refractivity contribution in [3.05, 3.63) is 34.9 Å². The van der Waals surface area contributed by atoms with Gasteiger partial charge in [-0.25, -0.2) is 0 Å². The van der Waals surface area contributed by atoms with Crippen molar-refractivity contribution in [2.24, 2.45) is 0 Å². The first-order valence-electron chi connectivity index (χ1n) is 7.00. The minimum Gasteiger partial charge on any atom is -0.388 e. The predicted octanol–water partition coefficient (Wildman–Crippen LogP) is 2.40. The molecule has 106 valence electrons. The Morgan fingerprint density at radius 1 is 1.21 bits per heavy atom. The van der Waals surface area contributed by atoms with Gasteiger partial charge in [-0.2, -0.15) is 0 Å². The molecule has 1 aliphatic heterocycles. The van der Waals surface area contributed by atoms with Crippen molar-refractivity contribution in [1.29, 1.82) is 0 Å². The second-order valence-electron chi connectivity index (χ2n) is 5.32. The monoisotopic (exact) mass is 282 g/mol. The fourth-order valence-corrected chi connectivity index (χ4v) is 2.79. The van der Waals surface area contributed by atoms with E-state index in [1.165, 1.54) is 13.0 Å². The predicted molar refractivity (Wildman–Crippen MR) is 79.6 cm³/mol. The maximum absolute atomic E-state index is 10.2. The Morgan fingerprint density at radius 3 is 2.79 bits per heavy atom. The number of hydrogen-bond acceptors (Lipinski definition) is 3. The summed E-state index contributed by atoms with van der Waals surface area (Å²) in [6.45, 7) is 5.43. The van der Waals surface area contributed by atoms with Gasteiger partial charge >= 0.3 is 0 Å². The zero-order valence-electron chi connectivity index (χ0n) is 11.6. The zero-order chi connectivity index (χ0) is 13.7. The smallest absolute Gasteiger partial charge is 0.0816 e. The summed E-state index contributed by atoms with van der Waals surface area (Å²) in [7, 11) is 2.17. The van der Waals surface area contributed by atoms with Crippen LogP contribution in [0.2, 0.25) is 5.02 Å². The van der Waals surface area contributed by atoms with Gasteiger partial charge in [-0.15, -0.1) is 0 Å².